The van der Waals surface area contributed by atoms with Gasteiger partial charge >= 0.3 is 0 Å². The second kappa shape index (κ2) is 9.17. The molecular formula is C21H25N5O2S. The van der Waals surface area contributed by atoms with Crippen LogP contribution in [0.3, 0.4) is 0 Å². The van der Waals surface area contributed by atoms with E-state index in [0.29, 0.717) is 6.54 Å². The van der Waals surface area contributed by atoms with Gasteiger partial charge in [-0.15, -0.1) is 10.2 Å². The molecule has 0 aliphatic carbocycles. The van der Waals surface area contributed by atoms with Crippen LogP contribution in [0.1, 0.15) is 31.1 Å². The Morgan fingerprint density at radius 2 is 2.07 bits per heavy atom. The third kappa shape index (κ3) is 4.82. The van der Waals surface area contributed by atoms with E-state index in [0.717, 1.165) is 54.9 Å². The minimum Gasteiger partial charge on any atom is -0.467 e. The molecule has 1 aliphatic heterocycles. The molecule has 7 nitrogen and oxygen atoms in total. The lowest BCUT2D eigenvalue weighted by Crippen LogP contribution is -2.22. The Morgan fingerprint density at radius 1 is 1.21 bits per heavy atom. The van der Waals surface area contributed by atoms with Gasteiger partial charge in [-0.3, -0.25) is 9.36 Å². The molecule has 1 fully saturated rings. The highest BCUT2D eigenvalue weighted by atomic mass is 32.2. The molecule has 1 saturated heterocycles. The lowest BCUT2D eigenvalue weighted by atomic mass is 10.1. The normalized spacial score (nSPS) is 13.8. The lowest BCUT2D eigenvalue weighted by molar-refractivity contribution is -0.113. The highest BCUT2D eigenvalue weighted by Gasteiger charge is 2.22. The van der Waals surface area contributed by atoms with E-state index < -0.39 is 0 Å². The zero-order chi connectivity index (χ0) is 20.1. The second-order valence-electron chi connectivity index (χ2n) is 7.03. The van der Waals surface area contributed by atoms with Gasteiger partial charge in [0, 0.05) is 18.8 Å². The summed E-state index contributed by atoms with van der Waals surface area (Å²) in [5, 5.41) is 12.5. The molecule has 0 saturated carbocycles. The highest BCUT2D eigenvalue weighted by molar-refractivity contribution is 7.99. The minimum absolute atomic E-state index is 0.0569. The Morgan fingerprint density at radius 3 is 2.83 bits per heavy atom. The number of carbonyl (C=O) groups is 1. The maximum absolute atomic E-state index is 12.5. The van der Waals surface area contributed by atoms with E-state index in [-0.39, 0.29) is 11.7 Å². The van der Waals surface area contributed by atoms with Crippen molar-refractivity contribution in [1.29, 1.82) is 0 Å². The van der Waals surface area contributed by atoms with Crippen molar-refractivity contribution >= 4 is 29.3 Å². The number of nitrogens with one attached hydrogen (secondary N) is 1. The van der Waals surface area contributed by atoms with Crippen molar-refractivity contribution < 1.29 is 9.21 Å². The first-order valence-electron chi connectivity index (χ1n) is 9.95. The molecule has 0 atom stereocenters. The van der Waals surface area contributed by atoms with Gasteiger partial charge in [-0.25, -0.2) is 0 Å². The topological polar surface area (TPSA) is 76.2 Å². The van der Waals surface area contributed by atoms with Gasteiger partial charge in [0.05, 0.1) is 18.6 Å². The van der Waals surface area contributed by atoms with Gasteiger partial charge in [0.25, 0.3) is 0 Å². The van der Waals surface area contributed by atoms with Crippen LogP contribution in [-0.2, 0) is 17.8 Å². The zero-order valence-corrected chi connectivity index (χ0v) is 17.3. The Kier molecular flexibility index (Phi) is 6.19. The molecule has 0 radical (unpaired) electrons. The molecular weight excluding hydrogens is 386 g/mol. The number of carbonyl (C=O) groups excluding carboxylic acids is 1. The summed E-state index contributed by atoms with van der Waals surface area (Å²) in [5.41, 5.74) is 2.02. The number of hydrogen-bond acceptors (Lipinski definition) is 6. The first-order valence-corrected chi connectivity index (χ1v) is 10.9. The number of anilines is 2. The Hall–Kier alpha value is -2.74. The molecule has 1 aliphatic rings. The number of amides is 1. The van der Waals surface area contributed by atoms with E-state index in [1.807, 2.05) is 34.9 Å². The van der Waals surface area contributed by atoms with Gasteiger partial charge in [0.2, 0.25) is 11.9 Å². The first-order chi connectivity index (χ1) is 14.2. The maximum Gasteiger partial charge on any atom is 0.234 e. The third-order valence-corrected chi connectivity index (χ3v) is 5.90. The summed E-state index contributed by atoms with van der Waals surface area (Å²) >= 11 is 1.39. The molecule has 29 heavy (non-hydrogen) atoms. The fourth-order valence-corrected chi connectivity index (χ4v) is 4.16. The maximum atomic E-state index is 12.5. The van der Waals surface area contributed by atoms with Gasteiger partial charge in [-0.2, -0.15) is 0 Å². The van der Waals surface area contributed by atoms with Crippen LogP contribution in [0.5, 0.6) is 0 Å². The predicted octanol–water partition coefficient (Wildman–Crippen LogP) is 3.81. The molecule has 0 bridgehead atoms. The number of rotatable bonds is 8. The van der Waals surface area contributed by atoms with Crippen LogP contribution in [-0.4, -0.2) is 39.5 Å². The number of thioether (sulfide) groups is 1. The molecule has 1 amide bonds. The van der Waals surface area contributed by atoms with Crippen LogP contribution in [0.15, 0.2) is 52.2 Å². The van der Waals surface area contributed by atoms with Crippen molar-refractivity contribution in [2.75, 3.05) is 29.1 Å². The Balaban J connectivity index is 1.45. The second-order valence-corrected chi connectivity index (χ2v) is 7.98. The number of aryl methyl sites for hydroxylation is 1. The van der Waals surface area contributed by atoms with Crippen molar-refractivity contribution in [3.8, 4) is 0 Å². The van der Waals surface area contributed by atoms with Crippen LogP contribution in [0.4, 0.5) is 11.6 Å². The van der Waals surface area contributed by atoms with E-state index >= 15 is 0 Å². The van der Waals surface area contributed by atoms with Gasteiger partial charge in [0.1, 0.15) is 5.76 Å². The van der Waals surface area contributed by atoms with Crippen LogP contribution < -0.4 is 10.2 Å². The van der Waals surface area contributed by atoms with Gasteiger partial charge in [-0.1, -0.05) is 30.8 Å². The zero-order valence-electron chi connectivity index (χ0n) is 16.5. The van der Waals surface area contributed by atoms with Gasteiger partial charge in [-0.05, 0) is 49.1 Å². The number of benzene rings is 1. The molecule has 3 heterocycles. The van der Waals surface area contributed by atoms with Crippen molar-refractivity contribution in [3.63, 3.8) is 0 Å². The largest absolute Gasteiger partial charge is 0.467 e. The van der Waals surface area contributed by atoms with E-state index in [2.05, 4.69) is 33.4 Å². The summed E-state index contributed by atoms with van der Waals surface area (Å²) in [7, 11) is 0. The van der Waals surface area contributed by atoms with E-state index in [1.54, 1.807) is 6.26 Å². The summed E-state index contributed by atoms with van der Waals surface area (Å²) < 4.78 is 7.56. The minimum atomic E-state index is -0.0569. The molecule has 8 heteroatoms. The number of furan rings is 1. The SMILES string of the molecule is CCc1cccc(NC(=O)CSc2nnc(N3CCCC3)n2Cc2ccco2)c1. The predicted molar refractivity (Wildman–Crippen MR) is 114 cm³/mol. The Labute approximate surface area is 174 Å². The van der Waals surface area contributed by atoms with E-state index in [9.17, 15) is 4.79 Å². The summed E-state index contributed by atoms with van der Waals surface area (Å²) in [6, 6.07) is 11.8. The van der Waals surface area contributed by atoms with Crippen LogP contribution in [0.2, 0.25) is 0 Å². The first kappa shape index (κ1) is 19.6. The molecule has 152 valence electrons. The van der Waals surface area contributed by atoms with E-state index in [1.165, 1.54) is 17.3 Å². The molecule has 0 unspecified atom stereocenters. The molecule has 4 rings (SSSR count). The van der Waals surface area contributed by atoms with Crippen LogP contribution in [0, 0.1) is 0 Å². The molecule has 1 aromatic carbocycles. The molecule has 0 spiro atoms. The molecule has 3 aromatic rings. The van der Waals surface area contributed by atoms with Crippen molar-refractivity contribution in [1.82, 2.24) is 14.8 Å². The highest BCUT2D eigenvalue weighted by Crippen LogP contribution is 2.26. The van der Waals surface area contributed by atoms with Gasteiger partial charge < -0.3 is 14.6 Å². The fraction of sp³-hybridized carbons (Fsp3) is 0.381. The van der Waals surface area contributed by atoms with Crippen LogP contribution >= 0.6 is 11.8 Å². The number of aromatic nitrogens is 3. The summed E-state index contributed by atoms with van der Waals surface area (Å²) in [4.78, 5) is 14.7. The monoisotopic (exact) mass is 411 g/mol. The van der Waals surface area contributed by atoms with E-state index in [4.69, 9.17) is 4.42 Å². The Bertz CT molecular complexity index is 948. The average molecular weight is 412 g/mol. The van der Waals surface area contributed by atoms with Gasteiger partial charge in [0.15, 0.2) is 5.16 Å². The molecule has 2 aromatic heterocycles. The quantitative estimate of drug-likeness (QED) is 0.568. The number of nitrogens with zero attached hydrogens (tertiary/aromatic N) is 4. The summed E-state index contributed by atoms with van der Waals surface area (Å²) in [6.07, 6.45) is 4.93. The summed E-state index contributed by atoms with van der Waals surface area (Å²) in [6.45, 7) is 4.61. The fourth-order valence-electron chi connectivity index (χ4n) is 3.43. The van der Waals surface area contributed by atoms with Crippen molar-refractivity contribution in [2.45, 2.75) is 37.9 Å². The molecule has 1 N–H and O–H groups in total. The van der Waals surface area contributed by atoms with Crippen molar-refractivity contribution in [3.05, 3.63) is 54.0 Å². The average Bonchev–Trinajstić information content (AvgIpc) is 3.49. The van der Waals surface area contributed by atoms with Crippen LogP contribution in [0.25, 0.3) is 0 Å². The lowest BCUT2D eigenvalue weighted by Gasteiger charge is -2.17. The smallest absolute Gasteiger partial charge is 0.234 e. The summed E-state index contributed by atoms with van der Waals surface area (Å²) in [5.74, 6) is 1.90. The standard InChI is InChI=1S/C21H25N5O2S/c1-2-16-7-5-8-17(13-16)22-19(27)15-29-21-24-23-20(25-10-3-4-11-25)26(21)14-18-9-6-12-28-18/h5-9,12-13H,2-4,10-11,14-15H2,1H3,(H,22,27). The third-order valence-electron chi connectivity index (χ3n) is 4.93. The van der Waals surface area contributed by atoms with Crippen molar-refractivity contribution in [2.24, 2.45) is 0 Å². The number of hydrogen-bond donors (Lipinski definition) is 1.